The fraction of sp³-hybridized carbons (Fsp3) is 0.188. The van der Waals surface area contributed by atoms with Crippen molar-refractivity contribution in [3.05, 3.63) is 63.9 Å². The molecule has 1 atom stereocenters. The van der Waals surface area contributed by atoms with E-state index in [1.165, 1.54) is 18.2 Å². The Morgan fingerprint density at radius 3 is 2.45 bits per heavy atom. The lowest BCUT2D eigenvalue weighted by Gasteiger charge is -2.15. The van der Waals surface area contributed by atoms with Crippen molar-refractivity contribution in [2.45, 2.75) is 20.0 Å². The lowest BCUT2D eigenvalue weighted by Crippen LogP contribution is -2.24. The van der Waals surface area contributed by atoms with Crippen LogP contribution in [-0.2, 0) is 0 Å². The molecule has 2 rings (SSSR count). The molecule has 2 nitrogen and oxygen atoms in total. The Hall–Kier alpha value is -1.68. The van der Waals surface area contributed by atoms with E-state index in [4.69, 9.17) is 4.74 Å². The van der Waals surface area contributed by atoms with Crippen molar-refractivity contribution in [1.82, 2.24) is 0 Å². The van der Waals surface area contributed by atoms with E-state index in [1.807, 2.05) is 12.1 Å². The quantitative estimate of drug-likeness (QED) is 0.766. The topological polar surface area (TPSA) is 26.3 Å². The van der Waals surface area contributed by atoms with Gasteiger partial charge in [-0.1, -0.05) is 28.1 Å². The number of benzene rings is 2. The molecule has 104 valence electrons. The van der Waals surface area contributed by atoms with E-state index in [9.17, 15) is 9.18 Å². The van der Waals surface area contributed by atoms with Gasteiger partial charge in [0, 0.05) is 10.0 Å². The van der Waals surface area contributed by atoms with Crippen LogP contribution in [0, 0.1) is 12.7 Å². The average Bonchev–Trinajstić information content (AvgIpc) is 2.42. The van der Waals surface area contributed by atoms with Crippen LogP contribution in [0.4, 0.5) is 4.39 Å². The van der Waals surface area contributed by atoms with E-state index in [0.29, 0.717) is 16.9 Å². The predicted octanol–water partition coefficient (Wildman–Crippen LogP) is 4.55. The second kappa shape index (κ2) is 6.18. The van der Waals surface area contributed by atoms with Crippen LogP contribution in [0.25, 0.3) is 0 Å². The first-order chi connectivity index (χ1) is 9.47. The summed E-state index contributed by atoms with van der Waals surface area (Å²) in [6.07, 6.45) is -0.625. The summed E-state index contributed by atoms with van der Waals surface area (Å²) in [7, 11) is 0. The zero-order chi connectivity index (χ0) is 14.7. The first kappa shape index (κ1) is 14.7. The molecule has 2 aromatic carbocycles. The zero-order valence-electron chi connectivity index (χ0n) is 11.2. The van der Waals surface area contributed by atoms with E-state index in [2.05, 4.69) is 15.9 Å². The number of hydrogen-bond donors (Lipinski definition) is 0. The Balaban J connectivity index is 2.13. The third-order valence-electron chi connectivity index (χ3n) is 2.94. The van der Waals surface area contributed by atoms with Crippen LogP contribution in [-0.4, -0.2) is 11.9 Å². The molecule has 0 aliphatic heterocycles. The Labute approximate surface area is 125 Å². The molecule has 0 aliphatic rings. The van der Waals surface area contributed by atoms with E-state index >= 15 is 0 Å². The number of ketones is 1. The minimum absolute atomic E-state index is 0.110. The number of carbonyl (C=O) groups is 1. The third kappa shape index (κ3) is 3.45. The van der Waals surface area contributed by atoms with Crippen LogP contribution >= 0.6 is 15.9 Å². The molecule has 0 N–H and O–H groups in total. The van der Waals surface area contributed by atoms with Crippen molar-refractivity contribution in [2.75, 3.05) is 0 Å². The van der Waals surface area contributed by atoms with Crippen molar-refractivity contribution >= 4 is 21.7 Å². The van der Waals surface area contributed by atoms with Gasteiger partial charge in [0.1, 0.15) is 11.6 Å². The summed E-state index contributed by atoms with van der Waals surface area (Å²) >= 11 is 3.32. The summed E-state index contributed by atoms with van der Waals surface area (Å²) in [5, 5.41) is 0. The molecule has 1 unspecified atom stereocenters. The Bertz CT molecular complexity index is 623. The van der Waals surface area contributed by atoms with E-state index in [0.717, 1.165) is 4.47 Å². The number of hydrogen-bond acceptors (Lipinski definition) is 2. The molecular weight excluding hydrogens is 323 g/mol. The fourth-order valence-electron chi connectivity index (χ4n) is 1.84. The second-order valence-electron chi connectivity index (χ2n) is 4.54. The molecule has 0 fully saturated rings. The molecule has 2 aromatic rings. The summed E-state index contributed by atoms with van der Waals surface area (Å²) in [6.45, 7) is 3.43. The van der Waals surface area contributed by atoms with Gasteiger partial charge in [-0.2, -0.15) is 0 Å². The van der Waals surface area contributed by atoms with Crippen molar-refractivity contribution in [3.8, 4) is 5.75 Å². The van der Waals surface area contributed by atoms with Crippen LogP contribution in [0.2, 0.25) is 0 Å². The minimum atomic E-state index is -0.625. The van der Waals surface area contributed by atoms with Crippen molar-refractivity contribution in [3.63, 3.8) is 0 Å². The third-order valence-corrected chi connectivity index (χ3v) is 3.47. The molecule has 0 aliphatic carbocycles. The Morgan fingerprint density at radius 1 is 1.20 bits per heavy atom. The van der Waals surface area contributed by atoms with Crippen LogP contribution in [0.15, 0.2) is 46.9 Å². The summed E-state index contributed by atoms with van der Waals surface area (Å²) in [5.41, 5.74) is 1.25. The minimum Gasteiger partial charge on any atom is -0.482 e. The summed E-state index contributed by atoms with van der Waals surface area (Å²) in [5.74, 6) is 0.0901. The standard InChI is InChI=1S/C16H14BrFO2/c1-10-9-14(18)7-8-15(10)20-11(2)16(19)12-3-5-13(17)6-4-12/h3-9,11H,1-2H3. The van der Waals surface area contributed by atoms with Crippen LogP contribution < -0.4 is 4.74 Å². The van der Waals surface area contributed by atoms with E-state index in [1.54, 1.807) is 26.0 Å². The van der Waals surface area contributed by atoms with Gasteiger partial charge in [-0.15, -0.1) is 0 Å². The van der Waals surface area contributed by atoms with Gasteiger partial charge in [0.15, 0.2) is 6.10 Å². The highest BCUT2D eigenvalue weighted by atomic mass is 79.9. The fourth-order valence-corrected chi connectivity index (χ4v) is 2.10. The maximum Gasteiger partial charge on any atom is 0.202 e. The Morgan fingerprint density at radius 2 is 1.85 bits per heavy atom. The van der Waals surface area contributed by atoms with Gasteiger partial charge < -0.3 is 4.74 Å². The van der Waals surface area contributed by atoms with Gasteiger partial charge in [-0.3, -0.25) is 4.79 Å². The number of aryl methyl sites for hydroxylation is 1. The average molecular weight is 337 g/mol. The van der Waals surface area contributed by atoms with Gasteiger partial charge in [-0.25, -0.2) is 4.39 Å². The second-order valence-corrected chi connectivity index (χ2v) is 5.46. The Kier molecular flexibility index (Phi) is 4.55. The van der Waals surface area contributed by atoms with Crippen LogP contribution in [0.5, 0.6) is 5.75 Å². The first-order valence-corrected chi connectivity index (χ1v) is 6.99. The molecule has 4 heteroatoms. The van der Waals surface area contributed by atoms with Crippen molar-refractivity contribution < 1.29 is 13.9 Å². The molecule has 0 heterocycles. The summed E-state index contributed by atoms with van der Waals surface area (Å²) < 4.78 is 19.6. The normalized spacial score (nSPS) is 12.0. The van der Waals surface area contributed by atoms with Crippen LogP contribution in [0.3, 0.4) is 0 Å². The molecule has 0 amide bonds. The molecule has 0 bridgehead atoms. The lowest BCUT2D eigenvalue weighted by molar-refractivity contribution is 0.0817. The monoisotopic (exact) mass is 336 g/mol. The number of rotatable bonds is 4. The molecule has 0 saturated heterocycles. The predicted molar refractivity (Wildman–Crippen MR) is 79.7 cm³/mol. The molecule has 0 radical (unpaired) electrons. The van der Waals surface area contributed by atoms with Gasteiger partial charge in [0.2, 0.25) is 5.78 Å². The highest BCUT2D eigenvalue weighted by Crippen LogP contribution is 2.21. The van der Waals surface area contributed by atoms with Gasteiger partial charge in [0.05, 0.1) is 0 Å². The molecule has 0 aromatic heterocycles. The van der Waals surface area contributed by atoms with Crippen LogP contribution in [0.1, 0.15) is 22.8 Å². The molecule has 0 saturated carbocycles. The highest BCUT2D eigenvalue weighted by Gasteiger charge is 2.17. The molecular formula is C16H14BrFO2. The number of ether oxygens (including phenoxy) is 1. The maximum absolute atomic E-state index is 13.0. The maximum atomic E-state index is 13.0. The zero-order valence-corrected chi connectivity index (χ0v) is 12.8. The van der Waals surface area contributed by atoms with E-state index in [-0.39, 0.29) is 11.6 Å². The lowest BCUT2D eigenvalue weighted by atomic mass is 10.1. The van der Waals surface area contributed by atoms with E-state index < -0.39 is 6.10 Å². The summed E-state index contributed by atoms with van der Waals surface area (Å²) in [6, 6.07) is 11.3. The van der Waals surface area contributed by atoms with Gasteiger partial charge in [0.25, 0.3) is 0 Å². The first-order valence-electron chi connectivity index (χ1n) is 6.20. The molecule has 20 heavy (non-hydrogen) atoms. The molecule has 0 spiro atoms. The highest BCUT2D eigenvalue weighted by molar-refractivity contribution is 9.10. The summed E-state index contributed by atoms with van der Waals surface area (Å²) in [4.78, 5) is 12.2. The van der Waals surface area contributed by atoms with Crippen molar-refractivity contribution in [2.24, 2.45) is 0 Å². The van der Waals surface area contributed by atoms with Gasteiger partial charge in [-0.05, 0) is 49.7 Å². The number of halogens is 2. The smallest absolute Gasteiger partial charge is 0.202 e. The number of carbonyl (C=O) groups excluding carboxylic acids is 1. The van der Waals surface area contributed by atoms with Gasteiger partial charge >= 0.3 is 0 Å². The SMILES string of the molecule is Cc1cc(F)ccc1OC(C)C(=O)c1ccc(Br)cc1. The van der Waals surface area contributed by atoms with Crippen molar-refractivity contribution in [1.29, 1.82) is 0 Å². The largest absolute Gasteiger partial charge is 0.482 e. The number of Topliss-reactive ketones (excluding diaryl/α,β-unsaturated/α-hetero) is 1.